The van der Waals surface area contributed by atoms with Crippen LogP contribution in [-0.4, -0.2) is 45.5 Å². The van der Waals surface area contributed by atoms with E-state index in [2.05, 4.69) is 20.9 Å². The van der Waals surface area contributed by atoms with E-state index in [-0.39, 0.29) is 12.2 Å². The van der Waals surface area contributed by atoms with Crippen molar-refractivity contribution in [3.05, 3.63) is 83.0 Å². The standard InChI is InChI=1S/C27H28BrN3O5S/c1-7-36-26(33)23-15(2)29-27-31(24(23)16-8-10-18(11-9-16)30(3)4)25(32)22(37-27)13-17-12-19(28)21(35-6)14-20(17)34-5/h8-14,24H,7H2,1-6H3/b22-13-. The summed E-state index contributed by atoms with van der Waals surface area (Å²) in [5.74, 6) is 0.692. The summed E-state index contributed by atoms with van der Waals surface area (Å²) in [5.41, 5.74) is 3.12. The number of ether oxygens (including phenoxy) is 3. The van der Waals surface area contributed by atoms with Crippen LogP contribution in [0, 0.1) is 0 Å². The third-order valence-corrected chi connectivity index (χ3v) is 7.64. The number of carbonyl (C=O) groups is 1. The van der Waals surface area contributed by atoms with Gasteiger partial charge in [-0.25, -0.2) is 9.79 Å². The van der Waals surface area contributed by atoms with Gasteiger partial charge in [0, 0.05) is 31.4 Å². The van der Waals surface area contributed by atoms with Gasteiger partial charge in [-0.3, -0.25) is 9.36 Å². The van der Waals surface area contributed by atoms with E-state index in [4.69, 9.17) is 14.2 Å². The topological polar surface area (TPSA) is 82.4 Å². The maximum atomic E-state index is 13.8. The number of halogens is 1. The van der Waals surface area contributed by atoms with Crippen LogP contribution in [-0.2, 0) is 9.53 Å². The van der Waals surface area contributed by atoms with Gasteiger partial charge < -0.3 is 19.1 Å². The minimum absolute atomic E-state index is 0.221. The molecule has 37 heavy (non-hydrogen) atoms. The van der Waals surface area contributed by atoms with Crippen molar-refractivity contribution in [2.75, 3.05) is 39.8 Å². The van der Waals surface area contributed by atoms with Gasteiger partial charge in [0.2, 0.25) is 0 Å². The van der Waals surface area contributed by atoms with Crippen molar-refractivity contribution in [1.82, 2.24) is 4.57 Å². The number of rotatable bonds is 7. The molecule has 0 saturated carbocycles. The molecule has 0 saturated heterocycles. The van der Waals surface area contributed by atoms with Crippen molar-refractivity contribution in [1.29, 1.82) is 0 Å². The number of anilines is 1. The van der Waals surface area contributed by atoms with Crippen LogP contribution >= 0.6 is 27.3 Å². The first-order valence-electron chi connectivity index (χ1n) is 11.6. The molecule has 1 aromatic heterocycles. The van der Waals surface area contributed by atoms with E-state index in [0.29, 0.717) is 37.7 Å². The van der Waals surface area contributed by atoms with Crippen molar-refractivity contribution >= 4 is 45.0 Å². The molecule has 4 rings (SSSR count). The first-order chi connectivity index (χ1) is 17.7. The van der Waals surface area contributed by atoms with Crippen LogP contribution in [0.3, 0.4) is 0 Å². The molecule has 194 valence electrons. The summed E-state index contributed by atoms with van der Waals surface area (Å²) in [4.78, 5) is 34.0. The summed E-state index contributed by atoms with van der Waals surface area (Å²) in [6.45, 7) is 3.75. The Labute approximate surface area is 227 Å². The molecule has 2 heterocycles. The fourth-order valence-electron chi connectivity index (χ4n) is 4.20. The van der Waals surface area contributed by atoms with E-state index in [1.165, 1.54) is 11.3 Å². The molecule has 0 fully saturated rings. The number of benzene rings is 2. The molecule has 8 nitrogen and oxygen atoms in total. The largest absolute Gasteiger partial charge is 0.496 e. The number of hydrogen-bond donors (Lipinski definition) is 0. The third-order valence-electron chi connectivity index (χ3n) is 6.03. The average molecular weight is 587 g/mol. The van der Waals surface area contributed by atoms with Gasteiger partial charge in [0.15, 0.2) is 4.80 Å². The van der Waals surface area contributed by atoms with E-state index in [1.54, 1.807) is 44.8 Å². The van der Waals surface area contributed by atoms with Crippen LogP contribution in [0.25, 0.3) is 6.08 Å². The van der Waals surface area contributed by atoms with E-state index in [9.17, 15) is 9.59 Å². The number of aromatic nitrogens is 1. The second kappa shape index (κ2) is 10.9. The Hall–Kier alpha value is -3.37. The number of esters is 1. The molecule has 0 spiro atoms. The number of carbonyl (C=O) groups excluding carboxylic acids is 1. The number of fused-ring (bicyclic) bond motifs is 1. The van der Waals surface area contributed by atoms with Crippen molar-refractivity contribution in [3.63, 3.8) is 0 Å². The molecular formula is C27H28BrN3O5S. The highest BCUT2D eigenvalue weighted by Crippen LogP contribution is 2.34. The third kappa shape index (κ3) is 5.08. The van der Waals surface area contributed by atoms with Gasteiger partial charge in [0.05, 0.1) is 47.1 Å². The Kier molecular flexibility index (Phi) is 7.89. The fraction of sp³-hybridized carbons (Fsp3) is 0.296. The number of thiazole rings is 1. The highest BCUT2D eigenvalue weighted by molar-refractivity contribution is 9.10. The smallest absolute Gasteiger partial charge is 0.338 e. The predicted octanol–water partition coefficient (Wildman–Crippen LogP) is 3.64. The molecule has 3 aromatic rings. The number of hydrogen-bond acceptors (Lipinski definition) is 8. The minimum atomic E-state index is -0.668. The molecule has 0 radical (unpaired) electrons. The fourth-order valence-corrected chi connectivity index (χ4v) is 5.76. The molecule has 1 unspecified atom stereocenters. The van der Waals surface area contributed by atoms with Crippen molar-refractivity contribution < 1.29 is 19.0 Å². The van der Waals surface area contributed by atoms with Gasteiger partial charge in [0.25, 0.3) is 5.56 Å². The second-order valence-electron chi connectivity index (χ2n) is 8.52. The lowest BCUT2D eigenvalue weighted by molar-refractivity contribution is -0.139. The second-order valence-corrected chi connectivity index (χ2v) is 10.4. The number of nitrogens with zero attached hydrogens (tertiary/aromatic N) is 3. The lowest BCUT2D eigenvalue weighted by Gasteiger charge is -2.25. The molecule has 0 aliphatic carbocycles. The van der Waals surface area contributed by atoms with Crippen molar-refractivity contribution in [3.8, 4) is 11.5 Å². The molecule has 0 amide bonds. The molecule has 1 aliphatic heterocycles. The van der Waals surface area contributed by atoms with Crippen molar-refractivity contribution in [2.45, 2.75) is 19.9 Å². The first-order valence-corrected chi connectivity index (χ1v) is 13.2. The van der Waals surface area contributed by atoms with Crippen LogP contribution in [0.2, 0.25) is 0 Å². The highest BCUT2D eigenvalue weighted by atomic mass is 79.9. The van der Waals surface area contributed by atoms with Gasteiger partial charge >= 0.3 is 5.97 Å². The quantitative estimate of drug-likeness (QED) is 0.394. The summed E-state index contributed by atoms with van der Waals surface area (Å²) in [6, 6.07) is 10.7. The van der Waals surface area contributed by atoms with Crippen LogP contribution in [0.15, 0.2) is 61.9 Å². The van der Waals surface area contributed by atoms with Crippen LogP contribution in [0.1, 0.15) is 31.0 Å². The number of methoxy groups -OCH3 is 2. The SMILES string of the molecule is CCOC(=O)C1=C(C)N=c2s/c(=C\c3cc(Br)c(OC)cc3OC)c(=O)n2C1c1ccc(N(C)C)cc1. The van der Waals surface area contributed by atoms with Gasteiger partial charge in [-0.1, -0.05) is 23.5 Å². The Bertz CT molecular complexity index is 1550. The van der Waals surface area contributed by atoms with Crippen LogP contribution in [0.4, 0.5) is 5.69 Å². The zero-order chi connectivity index (χ0) is 26.9. The van der Waals surface area contributed by atoms with Gasteiger partial charge in [0.1, 0.15) is 11.5 Å². The zero-order valence-electron chi connectivity index (χ0n) is 21.5. The molecular weight excluding hydrogens is 558 g/mol. The summed E-state index contributed by atoms with van der Waals surface area (Å²) in [5, 5.41) is 0. The Morgan fingerprint density at radius 3 is 2.43 bits per heavy atom. The molecule has 1 aliphatic rings. The van der Waals surface area contributed by atoms with Crippen molar-refractivity contribution in [2.24, 2.45) is 4.99 Å². The molecule has 0 bridgehead atoms. The van der Waals surface area contributed by atoms with Crippen LogP contribution in [0.5, 0.6) is 11.5 Å². The Balaban J connectivity index is 1.95. The molecule has 1 atom stereocenters. The summed E-state index contributed by atoms with van der Waals surface area (Å²) >= 11 is 4.76. The number of allylic oxidation sites excluding steroid dienone is 1. The maximum Gasteiger partial charge on any atom is 0.338 e. The van der Waals surface area contributed by atoms with Gasteiger partial charge in [-0.2, -0.15) is 0 Å². The predicted molar refractivity (Wildman–Crippen MR) is 148 cm³/mol. The summed E-state index contributed by atoms with van der Waals surface area (Å²) in [6.07, 6.45) is 1.77. The Morgan fingerprint density at radius 2 is 1.84 bits per heavy atom. The normalized spacial score (nSPS) is 15.2. The molecule has 0 N–H and O–H groups in total. The first kappa shape index (κ1) is 26.7. The highest BCUT2D eigenvalue weighted by Gasteiger charge is 2.33. The zero-order valence-corrected chi connectivity index (χ0v) is 23.9. The monoisotopic (exact) mass is 585 g/mol. The Morgan fingerprint density at radius 1 is 1.16 bits per heavy atom. The van der Waals surface area contributed by atoms with E-state index in [1.807, 2.05) is 49.3 Å². The van der Waals surface area contributed by atoms with Gasteiger partial charge in [-0.15, -0.1) is 0 Å². The van der Waals surface area contributed by atoms with Crippen LogP contribution < -0.4 is 29.3 Å². The van der Waals surface area contributed by atoms with E-state index < -0.39 is 12.0 Å². The van der Waals surface area contributed by atoms with E-state index in [0.717, 1.165) is 15.7 Å². The molecule has 2 aromatic carbocycles. The summed E-state index contributed by atoms with van der Waals surface area (Å²) in [7, 11) is 7.05. The molecule has 10 heteroatoms. The lowest BCUT2D eigenvalue weighted by atomic mass is 9.95. The lowest BCUT2D eigenvalue weighted by Crippen LogP contribution is -2.40. The minimum Gasteiger partial charge on any atom is -0.496 e. The maximum absolute atomic E-state index is 13.8. The average Bonchev–Trinajstić information content (AvgIpc) is 3.17. The summed E-state index contributed by atoms with van der Waals surface area (Å²) < 4.78 is 19.0. The van der Waals surface area contributed by atoms with Gasteiger partial charge in [-0.05, 0) is 59.6 Å². The van der Waals surface area contributed by atoms with E-state index >= 15 is 0 Å².